The molecular formula is C11H23N. The van der Waals surface area contributed by atoms with Gasteiger partial charge < -0.3 is 4.90 Å². The largest absolute Gasteiger partial charge is 0.306 e. The molecule has 1 saturated heterocycles. The molecule has 0 aromatic heterocycles. The van der Waals surface area contributed by atoms with Crippen molar-refractivity contribution in [1.82, 2.24) is 4.90 Å². The maximum atomic E-state index is 2.49. The molecular weight excluding hydrogens is 146 g/mol. The van der Waals surface area contributed by atoms with E-state index in [9.17, 15) is 0 Å². The number of hydrogen-bond acceptors (Lipinski definition) is 1. The third-order valence-electron chi connectivity index (χ3n) is 3.18. The standard InChI is InChI=1S/C11H23N/c1-4-6-11-7-5-8-12(3)9-10(11)2/h10-11H,4-9H2,1-3H3/t10-,11?/m1/s1. The first-order valence-electron chi connectivity index (χ1n) is 5.42. The molecule has 0 saturated carbocycles. The molecule has 0 aromatic carbocycles. The molecule has 0 amide bonds. The van der Waals surface area contributed by atoms with Gasteiger partial charge in [0.2, 0.25) is 0 Å². The maximum Gasteiger partial charge on any atom is 0.000661 e. The van der Waals surface area contributed by atoms with Gasteiger partial charge in [-0.15, -0.1) is 0 Å². The summed E-state index contributed by atoms with van der Waals surface area (Å²) in [6.45, 7) is 7.35. The van der Waals surface area contributed by atoms with Crippen LogP contribution in [0.1, 0.15) is 39.5 Å². The van der Waals surface area contributed by atoms with Gasteiger partial charge in [-0.1, -0.05) is 26.7 Å². The molecule has 12 heavy (non-hydrogen) atoms. The van der Waals surface area contributed by atoms with Crippen LogP contribution in [0.15, 0.2) is 0 Å². The predicted octanol–water partition coefficient (Wildman–Crippen LogP) is 2.76. The SMILES string of the molecule is CCCC1CCCN(C)C[C@H]1C. The second-order valence-corrected chi connectivity index (χ2v) is 4.43. The molecule has 2 atom stereocenters. The second kappa shape index (κ2) is 4.86. The summed E-state index contributed by atoms with van der Waals surface area (Å²) in [5.74, 6) is 1.91. The first kappa shape index (κ1) is 10.0. The molecule has 1 nitrogen and oxygen atoms in total. The topological polar surface area (TPSA) is 3.24 Å². The summed E-state index contributed by atoms with van der Waals surface area (Å²) in [4.78, 5) is 2.49. The molecule has 1 unspecified atom stereocenters. The van der Waals surface area contributed by atoms with Gasteiger partial charge in [0.25, 0.3) is 0 Å². The lowest BCUT2D eigenvalue weighted by Gasteiger charge is -2.22. The summed E-state index contributed by atoms with van der Waals surface area (Å²) in [6.07, 6.45) is 5.67. The van der Waals surface area contributed by atoms with E-state index in [1.54, 1.807) is 0 Å². The van der Waals surface area contributed by atoms with Gasteiger partial charge in [0, 0.05) is 6.54 Å². The van der Waals surface area contributed by atoms with Crippen LogP contribution < -0.4 is 0 Å². The van der Waals surface area contributed by atoms with Crippen LogP contribution in [0.5, 0.6) is 0 Å². The minimum absolute atomic E-state index is 0.914. The first-order chi connectivity index (χ1) is 5.74. The van der Waals surface area contributed by atoms with Gasteiger partial charge >= 0.3 is 0 Å². The minimum atomic E-state index is 0.914. The molecule has 72 valence electrons. The molecule has 0 aromatic rings. The highest BCUT2D eigenvalue weighted by molar-refractivity contribution is 4.73. The Morgan fingerprint density at radius 1 is 1.42 bits per heavy atom. The van der Waals surface area contributed by atoms with E-state index in [1.165, 1.54) is 38.8 Å². The Morgan fingerprint density at radius 3 is 2.83 bits per heavy atom. The summed E-state index contributed by atoms with van der Waals surface area (Å²) >= 11 is 0. The molecule has 0 spiro atoms. The van der Waals surface area contributed by atoms with Gasteiger partial charge in [-0.25, -0.2) is 0 Å². The highest BCUT2D eigenvalue weighted by Crippen LogP contribution is 2.26. The summed E-state index contributed by atoms with van der Waals surface area (Å²) in [6, 6.07) is 0. The Kier molecular flexibility index (Phi) is 4.07. The van der Waals surface area contributed by atoms with Crippen LogP contribution in [-0.4, -0.2) is 25.0 Å². The van der Waals surface area contributed by atoms with Crippen LogP contribution >= 0.6 is 0 Å². The van der Waals surface area contributed by atoms with Gasteiger partial charge in [0.15, 0.2) is 0 Å². The normalized spacial score (nSPS) is 33.2. The highest BCUT2D eigenvalue weighted by atomic mass is 15.1. The summed E-state index contributed by atoms with van der Waals surface area (Å²) in [5, 5.41) is 0. The molecule has 1 aliphatic rings. The molecule has 0 radical (unpaired) electrons. The van der Waals surface area contributed by atoms with E-state index in [1.807, 2.05) is 0 Å². The van der Waals surface area contributed by atoms with E-state index in [4.69, 9.17) is 0 Å². The van der Waals surface area contributed by atoms with Gasteiger partial charge in [-0.3, -0.25) is 0 Å². The molecule has 1 aliphatic heterocycles. The zero-order valence-electron chi connectivity index (χ0n) is 8.84. The molecule has 0 N–H and O–H groups in total. The lowest BCUT2D eigenvalue weighted by molar-refractivity contribution is 0.264. The Labute approximate surface area is 77.1 Å². The van der Waals surface area contributed by atoms with Crippen molar-refractivity contribution in [3.05, 3.63) is 0 Å². The summed E-state index contributed by atoms with van der Waals surface area (Å²) in [5.41, 5.74) is 0. The van der Waals surface area contributed by atoms with E-state index in [0.29, 0.717) is 0 Å². The van der Waals surface area contributed by atoms with Crippen LogP contribution in [0, 0.1) is 11.8 Å². The van der Waals surface area contributed by atoms with Gasteiger partial charge in [-0.05, 0) is 38.3 Å². The Hall–Kier alpha value is -0.0400. The van der Waals surface area contributed by atoms with E-state index in [2.05, 4.69) is 25.8 Å². The van der Waals surface area contributed by atoms with Crippen LogP contribution in [0.4, 0.5) is 0 Å². The number of rotatable bonds is 2. The molecule has 1 rings (SSSR count). The van der Waals surface area contributed by atoms with E-state index in [0.717, 1.165) is 11.8 Å². The Bertz CT molecular complexity index is 122. The molecule has 0 aliphatic carbocycles. The highest BCUT2D eigenvalue weighted by Gasteiger charge is 2.20. The fourth-order valence-corrected chi connectivity index (χ4v) is 2.44. The first-order valence-corrected chi connectivity index (χ1v) is 5.42. The number of likely N-dealkylation sites (tertiary alicyclic amines) is 1. The lowest BCUT2D eigenvalue weighted by Crippen LogP contribution is -2.25. The van der Waals surface area contributed by atoms with Crippen molar-refractivity contribution >= 4 is 0 Å². The van der Waals surface area contributed by atoms with Crippen LogP contribution in [0.2, 0.25) is 0 Å². The maximum absolute atomic E-state index is 2.49. The third-order valence-corrected chi connectivity index (χ3v) is 3.18. The second-order valence-electron chi connectivity index (χ2n) is 4.43. The van der Waals surface area contributed by atoms with Crippen molar-refractivity contribution in [2.24, 2.45) is 11.8 Å². The molecule has 1 heterocycles. The van der Waals surface area contributed by atoms with E-state index >= 15 is 0 Å². The summed E-state index contributed by atoms with van der Waals surface area (Å²) in [7, 11) is 2.25. The van der Waals surface area contributed by atoms with Gasteiger partial charge in [0.1, 0.15) is 0 Å². The van der Waals surface area contributed by atoms with Crippen molar-refractivity contribution in [3.8, 4) is 0 Å². The van der Waals surface area contributed by atoms with Crippen molar-refractivity contribution in [2.45, 2.75) is 39.5 Å². The van der Waals surface area contributed by atoms with Gasteiger partial charge in [0.05, 0.1) is 0 Å². The van der Waals surface area contributed by atoms with E-state index in [-0.39, 0.29) is 0 Å². The van der Waals surface area contributed by atoms with E-state index < -0.39 is 0 Å². The molecule has 0 bridgehead atoms. The molecule has 1 fully saturated rings. The van der Waals surface area contributed by atoms with Crippen LogP contribution in [0.3, 0.4) is 0 Å². The third kappa shape index (κ3) is 2.78. The zero-order valence-corrected chi connectivity index (χ0v) is 8.84. The van der Waals surface area contributed by atoms with Crippen molar-refractivity contribution < 1.29 is 0 Å². The average molecular weight is 169 g/mol. The Balaban J connectivity index is 2.40. The zero-order chi connectivity index (χ0) is 8.97. The van der Waals surface area contributed by atoms with Crippen molar-refractivity contribution in [3.63, 3.8) is 0 Å². The van der Waals surface area contributed by atoms with Crippen molar-refractivity contribution in [2.75, 3.05) is 20.1 Å². The fraction of sp³-hybridized carbons (Fsp3) is 1.00. The number of nitrogens with zero attached hydrogens (tertiary/aromatic N) is 1. The van der Waals surface area contributed by atoms with Crippen LogP contribution in [0.25, 0.3) is 0 Å². The lowest BCUT2D eigenvalue weighted by atomic mass is 9.87. The monoisotopic (exact) mass is 169 g/mol. The smallest absolute Gasteiger partial charge is 0.000661 e. The predicted molar refractivity (Wildman–Crippen MR) is 54.3 cm³/mol. The molecule has 1 heteroatoms. The van der Waals surface area contributed by atoms with Gasteiger partial charge in [-0.2, -0.15) is 0 Å². The number of hydrogen-bond donors (Lipinski definition) is 0. The summed E-state index contributed by atoms with van der Waals surface area (Å²) < 4.78 is 0. The average Bonchev–Trinajstić information content (AvgIpc) is 2.15. The van der Waals surface area contributed by atoms with Crippen LogP contribution in [-0.2, 0) is 0 Å². The minimum Gasteiger partial charge on any atom is -0.306 e. The fourth-order valence-electron chi connectivity index (χ4n) is 2.44. The Morgan fingerprint density at radius 2 is 2.17 bits per heavy atom. The van der Waals surface area contributed by atoms with Crippen molar-refractivity contribution in [1.29, 1.82) is 0 Å². The quantitative estimate of drug-likeness (QED) is 0.614.